The maximum atomic E-state index is 12.6. The van der Waals surface area contributed by atoms with Crippen LogP contribution in [0, 0.1) is 0 Å². The minimum Gasteiger partial charge on any atom is -0.507 e. The number of phenols is 3. The van der Waals surface area contributed by atoms with Gasteiger partial charge in [-0.3, -0.25) is 4.79 Å². The predicted molar refractivity (Wildman–Crippen MR) is 107 cm³/mol. The zero-order valence-electron chi connectivity index (χ0n) is 16.4. The van der Waals surface area contributed by atoms with E-state index in [1.807, 2.05) is 0 Å². The van der Waals surface area contributed by atoms with E-state index in [1.165, 1.54) is 24.3 Å². The molecule has 1 fully saturated rings. The molecule has 1 saturated heterocycles. The Morgan fingerprint density at radius 1 is 0.969 bits per heavy atom. The third-order valence-corrected chi connectivity index (χ3v) is 5.24. The van der Waals surface area contributed by atoms with Crippen LogP contribution in [0.5, 0.6) is 23.0 Å². The topological polar surface area (TPSA) is 190 Å². The van der Waals surface area contributed by atoms with Crippen LogP contribution in [0.3, 0.4) is 0 Å². The molecular formula is C21H20O11. The van der Waals surface area contributed by atoms with Gasteiger partial charge in [0.1, 0.15) is 53.1 Å². The molecule has 1 aromatic heterocycles. The number of fused-ring (bicyclic) bond motifs is 1. The summed E-state index contributed by atoms with van der Waals surface area (Å²) in [6.45, 7) is -1.55. The van der Waals surface area contributed by atoms with Gasteiger partial charge in [-0.1, -0.05) is 0 Å². The number of aromatic hydroxyl groups is 3. The Bertz CT molecular complexity index is 1220. The second-order valence-corrected chi connectivity index (χ2v) is 7.34. The highest BCUT2D eigenvalue weighted by atomic mass is 16.7. The SMILES string of the molecule is O=c1cc(-c2ccc(O)c(O)c2)oc2cc(O[C@]3(CO)O[C@H](CO)[C@H](O)[C@H]3O)cc(O)c12. The second kappa shape index (κ2) is 7.97. The van der Waals surface area contributed by atoms with Crippen LogP contribution in [0.2, 0.25) is 0 Å². The number of ether oxygens (including phenoxy) is 2. The van der Waals surface area contributed by atoms with Gasteiger partial charge in [0.05, 0.1) is 6.61 Å². The second-order valence-electron chi connectivity index (χ2n) is 7.34. The Kier molecular flexibility index (Phi) is 5.44. The number of hydrogen-bond donors (Lipinski definition) is 7. The standard InChI is InChI=1S/C21H20O11/c22-7-17-19(28)20(29)21(8-23,32-17)31-10-4-13(26)18-14(27)6-15(30-16(18)5-10)9-1-2-11(24)12(25)3-9/h1-6,17,19-20,22-26,28-29H,7-8H2/t17-,19+,20-,21-/m1/s1. The molecule has 0 spiro atoms. The van der Waals surface area contributed by atoms with E-state index in [2.05, 4.69) is 0 Å². The van der Waals surface area contributed by atoms with E-state index < -0.39 is 54.2 Å². The normalized spacial score (nSPS) is 25.3. The summed E-state index contributed by atoms with van der Waals surface area (Å²) >= 11 is 0. The molecule has 170 valence electrons. The van der Waals surface area contributed by atoms with Crippen molar-refractivity contribution in [3.63, 3.8) is 0 Å². The van der Waals surface area contributed by atoms with Gasteiger partial charge in [0.2, 0.25) is 0 Å². The zero-order chi connectivity index (χ0) is 23.2. The fraction of sp³-hybridized carbons (Fsp3) is 0.286. The third kappa shape index (κ3) is 3.51. The van der Waals surface area contributed by atoms with Crippen LogP contribution < -0.4 is 10.2 Å². The van der Waals surface area contributed by atoms with Gasteiger partial charge in [-0.05, 0) is 18.2 Å². The van der Waals surface area contributed by atoms with E-state index in [-0.39, 0.29) is 33.8 Å². The molecule has 0 bridgehead atoms. The van der Waals surface area contributed by atoms with Crippen molar-refractivity contribution < 1.29 is 49.6 Å². The fourth-order valence-electron chi connectivity index (χ4n) is 3.57. The predicted octanol–water partition coefficient (Wildman–Crippen LogP) is -0.243. The van der Waals surface area contributed by atoms with Crippen LogP contribution >= 0.6 is 0 Å². The van der Waals surface area contributed by atoms with Crippen molar-refractivity contribution >= 4 is 11.0 Å². The Morgan fingerprint density at radius 2 is 1.72 bits per heavy atom. The molecule has 2 heterocycles. The molecule has 0 amide bonds. The van der Waals surface area contributed by atoms with Crippen LogP contribution in [-0.2, 0) is 4.74 Å². The Labute approximate surface area is 179 Å². The molecule has 32 heavy (non-hydrogen) atoms. The first kappa shape index (κ1) is 21.9. The quantitative estimate of drug-likeness (QED) is 0.255. The van der Waals surface area contributed by atoms with Crippen LogP contribution in [-0.4, -0.2) is 73.1 Å². The molecule has 7 N–H and O–H groups in total. The van der Waals surface area contributed by atoms with Crippen LogP contribution in [0.25, 0.3) is 22.3 Å². The molecule has 0 saturated carbocycles. The molecule has 1 aliphatic heterocycles. The summed E-state index contributed by atoms with van der Waals surface area (Å²) < 4.78 is 16.5. The molecule has 11 heteroatoms. The maximum Gasteiger partial charge on any atom is 0.263 e. The van der Waals surface area contributed by atoms with Crippen molar-refractivity contribution in [2.75, 3.05) is 13.2 Å². The first-order valence-electron chi connectivity index (χ1n) is 9.47. The third-order valence-electron chi connectivity index (χ3n) is 5.24. The van der Waals surface area contributed by atoms with Crippen molar-refractivity contribution in [1.82, 2.24) is 0 Å². The highest BCUT2D eigenvalue weighted by Crippen LogP contribution is 2.38. The number of benzene rings is 2. The van der Waals surface area contributed by atoms with E-state index >= 15 is 0 Å². The van der Waals surface area contributed by atoms with Crippen molar-refractivity contribution in [1.29, 1.82) is 0 Å². The van der Waals surface area contributed by atoms with Gasteiger partial charge in [-0.25, -0.2) is 0 Å². The lowest BCUT2D eigenvalue weighted by Gasteiger charge is -2.30. The van der Waals surface area contributed by atoms with E-state index in [0.717, 1.165) is 12.1 Å². The molecule has 0 radical (unpaired) electrons. The molecule has 11 nitrogen and oxygen atoms in total. The monoisotopic (exact) mass is 448 g/mol. The highest BCUT2D eigenvalue weighted by Gasteiger charge is 2.56. The average Bonchev–Trinajstić information content (AvgIpc) is 3.00. The Hall–Kier alpha value is -3.35. The fourth-order valence-corrected chi connectivity index (χ4v) is 3.57. The average molecular weight is 448 g/mol. The van der Waals surface area contributed by atoms with Gasteiger partial charge >= 0.3 is 0 Å². The first-order chi connectivity index (χ1) is 15.2. The summed E-state index contributed by atoms with van der Waals surface area (Å²) in [5.74, 6) is -3.63. The van der Waals surface area contributed by atoms with Crippen molar-refractivity contribution in [3.8, 4) is 34.3 Å². The van der Waals surface area contributed by atoms with E-state index in [0.29, 0.717) is 0 Å². The largest absolute Gasteiger partial charge is 0.507 e. The summed E-state index contributed by atoms with van der Waals surface area (Å²) in [6, 6.07) is 7.12. The summed E-state index contributed by atoms with van der Waals surface area (Å²) in [6.07, 6.45) is -4.51. The van der Waals surface area contributed by atoms with Gasteiger partial charge in [0, 0.05) is 23.8 Å². The Balaban J connectivity index is 1.78. The molecule has 4 atom stereocenters. The van der Waals surface area contributed by atoms with Crippen LogP contribution in [0.4, 0.5) is 0 Å². The number of aliphatic hydroxyl groups excluding tert-OH is 4. The van der Waals surface area contributed by atoms with Crippen molar-refractivity contribution in [2.45, 2.75) is 24.1 Å². The summed E-state index contributed by atoms with van der Waals surface area (Å²) in [4.78, 5) is 12.6. The number of hydrogen-bond acceptors (Lipinski definition) is 11. The molecule has 0 aliphatic carbocycles. The lowest BCUT2D eigenvalue weighted by molar-refractivity contribution is -0.230. The first-order valence-corrected chi connectivity index (χ1v) is 9.47. The molecular weight excluding hydrogens is 428 g/mol. The smallest absolute Gasteiger partial charge is 0.263 e. The van der Waals surface area contributed by atoms with Crippen LogP contribution in [0.1, 0.15) is 0 Å². The van der Waals surface area contributed by atoms with Gasteiger partial charge in [-0.15, -0.1) is 0 Å². The number of phenolic OH excluding ortho intramolecular Hbond substituents is 3. The zero-order valence-corrected chi connectivity index (χ0v) is 16.4. The maximum absolute atomic E-state index is 12.6. The number of rotatable bonds is 5. The summed E-state index contributed by atoms with van der Waals surface area (Å²) in [5, 5.41) is 68.7. The van der Waals surface area contributed by atoms with Crippen molar-refractivity contribution in [2.24, 2.45) is 0 Å². The van der Waals surface area contributed by atoms with Gasteiger partial charge in [-0.2, -0.15) is 0 Å². The molecule has 0 unspecified atom stereocenters. The lowest BCUT2D eigenvalue weighted by Crippen LogP contribution is -2.51. The van der Waals surface area contributed by atoms with Crippen molar-refractivity contribution in [3.05, 3.63) is 46.6 Å². The lowest BCUT2D eigenvalue weighted by atomic mass is 10.1. The Morgan fingerprint density at radius 3 is 2.34 bits per heavy atom. The van der Waals surface area contributed by atoms with Gasteiger partial charge < -0.3 is 49.6 Å². The van der Waals surface area contributed by atoms with Gasteiger partial charge in [0.15, 0.2) is 16.9 Å². The molecule has 3 aromatic rings. The summed E-state index contributed by atoms with van der Waals surface area (Å²) in [5.41, 5.74) is -0.474. The minimum atomic E-state index is -2.15. The van der Waals surface area contributed by atoms with Gasteiger partial charge in [0.25, 0.3) is 5.79 Å². The van der Waals surface area contributed by atoms with Crippen LogP contribution in [0.15, 0.2) is 45.6 Å². The number of aliphatic hydroxyl groups is 4. The van der Waals surface area contributed by atoms with E-state index in [4.69, 9.17) is 13.9 Å². The minimum absolute atomic E-state index is 0.0131. The molecule has 2 aromatic carbocycles. The van der Waals surface area contributed by atoms with E-state index in [9.17, 15) is 40.5 Å². The van der Waals surface area contributed by atoms with E-state index in [1.54, 1.807) is 0 Å². The molecule has 1 aliphatic rings. The summed E-state index contributed by atoms with van der Waals surface area (Å²) in [7, 11) is 0. The molecule has 4 rings (SSSR count). The highest BCUT2D eigenvalue weighted by molar-refractivity contribution is 5.86.